The van der Waals surface area contributed by atoms with E-state index in [0.717, 1.165) is 30.6 Å². The molecule has 3 heterocycles. The molecule has 9 heteroatoms. The topological polar surface area (TPSA) is 72.0 Å². The van der Waals surface area contributed by atoms with Crippen molar-refractivity contribution in [2.75, 3.05) is 5.75 Å². The Bertz CT molecular complexity index is 1220. The van der Waals surface area contributed by atoms with Crippen molar-refractivity contribution in [2.45, 2.75) is 18.5 Å². The van der Waals surface area contributed by atoms with Gasteiger partial charge in [-0.1, -0.05) is 35.5 Å². The number of carbonyl (C=O) groups excluding carboxylic acids is 2. The number of amides is 1. The Hall–Kier alpha value is -2.26. The van der Waals surface area contributed by atoms with Gasteiger partial charge >= 0.3 is 0 Å². The highest BCUT2D eigenvalue weighted by Crippen LogP contribution is 2.37. The van der Waals surface area contributed by atoms with E-state index in [1.807, 2.05) is 42.5 Å². The van der Waals surface area contributed by atoms with Gasteiger partial charge in [0.25, 0.3) is 0 Å². The number of fused-ring (bicyclic) bond motifs is 1. The van der Waals surface area contributed by atoms with Crippen LogP contribution in [0.5, 0.6) is 0 Å². The van der Waals surface area contributed by atoms with Crippen molar-refractivity contribution in [3.8, 4) is 10.4 Å². The lowest BCUT2D eigenvalue weighted by atomic mass is 10.2. The van der Waals surface area contributed by atoms with Crippen LogP contribution in [0.3, 0.4) is 0 Å². The molecule has 0 radical (unpaired) electrons. The zero-order chi connectivity index (χ0) is 21.1. The van der Waals surface area contributed by atoms with E-state index in [1.54, 1.807) is 11.3 Å². The number of ketones is 1. The van der Waals surface area contributed by atoms with E-state index in [2.05, 4.69) is 15.3 Å². The third-order valence-electron chi connectivity index (χ3n) is 4.20. The van der Waals surface area contributed by atoms with Crippen LogP contribution in [0.1, 0.15) is 21.5 Å². The second-order valence-corrected chi connectivity index (χ2v) is 10.0. The van der Waals surface area contributed by atoms with Crippen LogP contribution < -0.4 is 5.32 Å². The Balaban J connectivity index is 1.48. The van der Waals surface area contributed by atoms with Gasteiger partial charge in [-0.25, -0.2) is 9.97 Å². The molecule has 5 nitrogen and oxygen atoms in total. The summed E-state index contributed by atoms with van der Waals surface area (Å²) in [7, 11) is 0. The monoisotopic (exact) mass is 473 g/mol. The van der Waals surface area contributed by atoms with E-state index in [1.165, 1.54) is 36.3 Å². The van der Waals surface area contributed by atoms with Gasteiger partial charge in [0.05, 0.1) is 27.4 Å². The molecule has 152 valence electrons. The Kier molecular flexibility index (Phi) is 6.48. The molecule has 1 amide bonds. The molecule has 0 fully saturated rings. The Morgan fingerprint density at radius 1 is 1.10 bits per heavy atom. The largest absolute Gasteiger partial charge is 0.351 e. The Morgan fingerprint density at radius 2 is 1.90 bits per heavy atom. The number of carbonyl (C=O) groups is 2. The van der Waals surface area contributed by atoms with Gasteiger partial charge < -0.3 is 5.32 Å². The number of thioether (sulfide) groups is 1. The Morgan fingerprint density at radius 3 is 2.67 bits per heavy atom. The SMILES string of the molecule is CC(=O)NCc1ccc(C(=O)CSc2ncnc3cc(-c4ccc(Cl)cc4)sc23)s1. The second kappa shape index (κ2) is 9.26. The minimum atomic E-state index is -0.0893. The molecule has 1 aromatic carbocycles. The number of nitrogens with zero attached hydrogens (tertiary/aromatic N) is 2. The summed E-state index contributed by atoms with van der Waals surface area (Å²) in [4.78, 5) is 35.1. The number of aromatic nitrogens is 2. The first-order chi connectivity index (χ1) is 14.5. The average molecular weight is 474 g/mol. The molecule has 3 aromatic heterocycles. The molecule has 4 rings (SSSR count). The van der Waals surface area contributed by atoms with Crippen LogP contribution in [0.4, 0.5) is 0 Å². The number of nitrogens with one attached hydrogen (secondary N) is 1. The highest BCUT2D eigenvalue weighted by atomic mass is 35.5. The lowest BCUT2D eigenvalue weighted by Gasteiger charge is -2.01. The number of Topliss-reactive ketones (excluding diaryl/α,β-unsaturated/α-hetero) is 1. The molecule has 0 aliphatic heterocycles. The van der Waals surface area contributed by atoms with Crippen LogP contribution in [0.2, 0.25) is 5.02 Å². The second-order valence-electron chi connectivity index (χ2n) is 6.40. The van der Waals surface area contributed by atoms with Gasteiger partial charge in [-0.3, -0.25) is 9.59 Å². The highest BCUT2D eigenvalue weighted by Gasteiger charge is 2.15. The summed E-state index contributed by atoms with van der Waals surface area (Å²) in [6, 6.07) is 13.4. The molecule has 0 saturated heterocycles. The summed E-state index contributed by atoms with van der Waals surface area (Å²) in [6.07, 6.45) is 1.53. The molecule has 4 aromatic rings. The maximum atomic E-state index is 12.6. The molecule has 0 aliphatic rings. The standard InChI is InChI=1S/C21H16ClN3O2S3/c1-12(26)23-9-15-6-7-18(29-15)17(27)10-28-21-20-16(24-11-25-21)8-19(30-20)13-2-4-14(22)5-3-13/h2-8,11H,9-10H2,1H3,(H,23,26). The quantitative estimate of drug-likeness (QED) is 0.212. The maximum absolute atomic E-state index is 12.6. The summed E-state index contributed by atoms with van der Waals surface area (Å²) in [5.41, 5.74) is 1.93. The number of hydrogen-bond acceptors (Lipinski definition) is 7. The molecular formula is C21H16ClN3O2S3. The zero-order valence-corrected chi connectivity index (χ0v) is 19.1. The van der Waals surface area contributed by atoms with Crippen LogP contribution in [-0.2, 0) is 11.3 Å². The molecule has 0 atom stereocenters. The summed E-state index contributed by atoms with van der Waals surface area (Å²) in [5, 5.41) is 4.24. The van der Waals surface area contributed by atoms with Crippen LogP contribution in [0.25, 0.3) is 20.7 Å². The maximum Gasteiger partial charge on any atom is 0.217 e. The van der Waals surface area contributed by atoms with Gasteiger partial charge in [0, 0.05) is 21.7 Å². The first kappa shape index (κ1) is 21.0. The summed E-state index contributed by atoms with van der Waals surface area (Å²) < 4.78 is 0.970. The number of hydrogen-bond donors (Lipinski definition) is 1. The molecule has 30 heavy (non-hydrogen) atoms. The fraction of sp³-hybridized carbons (Fsp3) is 0.143. The van der Waals surface area contributed by atoms with E-state index in [0.29, 0.717) is 22.2 Å². The minimum Gasteiger partial charge on any atom is -0.351 e. The Labute approximate surface area is 190 Å². The van der Waals surface area contributed by atoms with Crippen LogP contribution in [0, 0.1) is 0 Å². The average Bonchev–Trinajstić information content (AvgIpc) is 3.38. The highest BCUT2D eigenvalue weighted by molar-refractivity contribution is 8.00. The minimum absolute atomic E-state index is 0.0420. The van der Waals surface area contributed by atoms with Crippen molar-refractivity contribution >= 4 is 67.9 Å². The van der Waals surface area contributed by atoms with Gasteiger partial charge in [0.2, 0.25) is 5.91 Å². The van der Waals surface area contributed by atoms with E-state index in [-0.39, 0.29) is 11.7 Å². The van der Waals surface area contributed by atoms with Crippen molar-refractivity contribution in [3.63, 3.8) is 0 Å². The van der Waals surface area contributed by atoms with Crippen molar-refractivity contribution in [3.05, 3.63) is 63.6 Å². The van der Waals surface area contributed by atoms with E-state index < -0.39 is 0 Å². The first-order valence-corrected chi connectivity index (χ1v) is 12.0. The van der Waals surface area contributed by atoms with Crippen molar-refractivity contribution in [2.24, 2.45) is 0 Å². The van der Waals surface area contributed by atoms with Crippen LogP contribution >= 0.6 is 46.0 Å². The summed E-state index contributed by atoms with van der Waals surface area (Å²) in [5.74, 6) is 0.245. The lowest BCUT2D eigenvalue weighted by Crippen LogP contribution is -2.18. The van der Waals surface area contributed by atoms with E-state index in [9.17, 15) is 9.59 Å². The van der Waals surface area contributed by atoms with E-state index in [4.69, 9.17) is 11.6 Å². The first-order valence-electron chi connectivity index (χ1n) is 8.99. The molecule has 0 unspecified atom stereocenters. The number of halogens is 1. The van der Waals surface area contributed by atoms with Gasteiger partial charge in [0.15, 0.2) is 5.78 Å². The van der Waals surface area contributed by atoms with E-state index >= 15 is 0 Å². The molecular weight excluding hydrogens is 458 g/mol. The molecule has 0 saturated carbocycles. The molecule has 1 N–H and O–H groups in total. The number of rotatable bonds is 7. The van der Waals surface area contributed by atoms with Crippen molar-refractivity contribution < 1.29 is 9.59 Å². The third-order valence-corrected chi connectivity index (χ3v) is 7.87. The van der Waals surface area contributed by atoms with Gasteiger partial charge in [-0.05, 0) is 35.9 Å². The van der Waals surface area contributed by atoms with Crippen LogP contribution in [-0.4, -0.2) is 27.4 Å². The molecule has 0 bridgehead atoms. The summed E-state index contributed by atoms with van der Waals surface area (Å²) in [6.45, 7) is 1.91. The van der Waals surface area contributed by atoms with Crippen molar-refractivity contribution in [1.82, 2.24) is 15.3 Å². The predicted molar refractivity (Wildman–Crippen MR) is 125 cm³/mol. The van der Waals surface area contributed by atoms with Gasteiger partial charge in [0.1, 0.15) is 11.4 Å². The van der Waals surface area contributed by atoms with Gasteiger partial charge in [-0.15, -0.1) is 22.7 Å². The molecule has 0 spiro atoms. The fourth-order valence-electron chi connectivity index (χ4n) is 2.73. The fourth-order valence-corrected chi connectivity index (χ4v) is 5.92. The summed E-state index contributed by atoms with van der Waals surface area (Å²) >= 11 is 10.4. The normalized spacial score (nSPS) is 11.0. The predicted octanol–water partition coefficient (Wildman–Crippen LogP) is 5.68. The third kappa shape index (κ3) is 4.89. The van der Waals surface area contributed by atoms with Gasteiger partial charge in [-0.2, -0.15) is 0 Å². The molecule has 0 aliphatic carbocycles. The lowest BCUT2D eigenvalue weighted by molar-refractivity contribution is -0.119. The number of benzene rings is 1. The van der Waals surface area contributed by atoms with Crippen molar-refractivity contribution in [1.29, 1.82) is 0 Å². The number of thiophene rings is 2. The zero-order valence-electron chi connectivity index (χ0n) is 15.8. The smallest absolute Gasteiger partial charge is 0.217 e. The van der Waals surface area contributed by atoms with Crippen LogP contribution in [0.15, 0.2) is 53.8 Å².